The number of aryl methyl sites for hydroxylation is 1. The Bertz CT molecular complexity index is 699. The van der Waals surface area contributed by atoms with Gasteiger partial charge in [-0.3, -0.25) is 9.48 Å². The van der Waals surface area contributed by atoms with Crippen LogP contribution in [0.3, 0.4) is 0 Å². The summed E-state index contributed by atoms with van der Waals surface area (Å²) in [5.74, 6) is 0.922. The molecule has 1 spiro atoms. The minimum atomic E-state index is -0.297. The standard InChI is InChI=1S/C15H18N6O/c1-19-10-12(9-18-19)21-8-4-15(13(21)22)3-7-20(11-15)14-16-5-2-6-17-14/h2,5-6,9-10H,3-4,7-8,11H2,1H3. The molecule has 1 atom stereocenters. The molecule has 2 aliphatic heterocycles. The van der Waals surface area contributed by atoms with Gasteiger partial charge in [0.15, 0.2) is 0 Å². The van der Waals surface area contributed by atoms with Crippen LogP contribution in [0, 0.1) is 5.41 Å². The fourth-order valence-electron chi connectivity index (χ4n) is 3.49. The van der Waals surface area contributed by atoms with Crippen LogP contribution in [0.15, 0.2) is 30.9 Å². The summed E-state index contributed by atoms with van der Waals surface area (Å²) in [5.41, 5.74) is 0.591. The van der Waals surface area contributed by atoms with Crippen LogP contribution in [-0.4, -0.2) is 45.3 Å². The maximum atomic E-state index is 12.9. The zero-order chi connectivity index (χ0) is 15.2. The fraction of sp³-hybridized carbons (Fsp3) is 0.467. The van der Waals surface area contributed by atoms with Gasteiger partial charge < -0.3 is 9.80 Å². The minimum Gasteiger partial charge on any atom is -0.340 e. The molecule has 0 saturated carbocycles. The van der Waals surface area contributed by atoms with Gasteiger partial charge in [-0.2, -0.15) is 5.10 Å². The zero-order valence-corrected chi connectivity index (χ0v) is 12.5. The summed E-state index contributed by atoms with van der Waals surface area (Å²) >= 11 is 0. The van der Waals surface area contributed by atoms with E-state index in [2.05, 4.69) is 20.0 Å². The number of aromatic nitrogens is 4. The molecule has 4 heterocycles. The average molecular weight is 298 g/mol. The fourth-order valence-corrected chi connectivity index (χ4v) is 3.49. The highest BCUT2D eigenvalue weighted by atomic mass is 16.2. The number of hydrogen-bond acceptors (Lipinski definition) is 5. The second-order valence-corrected chi connectivity index (χ2v) is 6.08. The molecule has 2 saturated heterocycles. The molecule has 7 nitrogen and oxygen atoms in total. The average Bonchev–Trinajstić information content (AvgIpc) is 3.23. The van der Waals surface area contributed by atoms with E-state index in [1.807, 2.05) is 18.1 Å². The number of rotatable bonds is 2. The molecule has 0 aliphatic carbocycles. The van der Waals surface area contributed by atoms with E-state index in [1.165, 1.54) is 0 Å². The van der Waals surface area contributed by atoms with E-state index < -0.39 is 0 Å². The van der Waals surface area contributed by atoms with Gasteiger partial charge in [0.1, 0.15) is 0 Å². The molecule has 2 aromatic heterocycles. The topological polar surface area (TPSA) is 67.2 Å². The number of hydrogen-bond donors (Lipinski definition) is 0. The quantitative estimate of drug-likeness (QED) is 0.822. The lowest BCUT2D eigenvalue weighted by molar-refractivity contribution is -0.124. The Morgan fingerprint density at radius 1 is 1.18 bits per heavy atom. The Balaban J connectivity index is 1.55. The van der Waals surface area contributed by atoms with E-state index in [-0.39, 0.29) is 11.3 Å². The second-order valence-electron chi connectivity index (χ2n) is 6.08. The van der Waals surface area contributed by atoms with Crippen molar-refractivity contribution in [2.45, 2.75) is 12.8 Å². The molecule has 0 aromatic carbocycles. The Hall–Kier alpha value is -2.44. The summed E-state index contributed by atoms with van der Waals surface area (Å²) in [6, 6.07) is 1.81. The van der Waals surface area contributed by atoms with Gasteiger partial charge in [0.2, 0.25) is 11.9 Å². The van der Waals surface area contributed by atoms with Crippen molar-refractivity contribution < 1.29 is 4.79 Å². The molecule has 1 amide bonds. The first-order valence-corrected chi connectivity index (χ1v) is 7.51. The van der Waals surface area contributed by atoms with Crippen molar-refractivity contribution in [1.82, 2.24) is 19.7 Å². The first kappa shape index (κ1) is 13.2. The maximum absolute atomic E-state index is 12.9. The molecule has 4 rings (SSSR count). The van der Waals surface area contributed by atoms with Gasteiger partial charge in [0.05, 0.1) is 17.3 Å². The van der Waals surface area contributed by atoms with Gasteiger partial charge in [0.25, 0.3) is 0 Å². The SMILES string of the molecule is Cn1cc(N2CCC3(CCN(c4ncccn4)C3)C2=O)cn1. The second kappa shape index (κ2) is 4.79. The predicted molar refractivity (Wildman–Crippen MR) is 81.5 cm³/mol. The number of carbonyl (C=O) groups excluding carboxylic acids is 1. The largest absolute Gasteiger partial charge is 0.340 e. The molecule has 1 unspecified atom stereocenters. The lowest BCUT2D eigenvalue weighted by Crippen LogP contribution is -2.37. The van der Waals surface area contributed by atoms with Crippen LogP contribution in [0.2, 0.25) is 0 Å². The first-order chi connectivity index (χ1) is 10.7. The lowest BCUT2D eigenvalue weighted by atomic mass is 9.85. The lowest BCUT2D eigenvalue weighted by Gasteiger charge is -2.23. The van der Waals surface area contributed by atoms with Gasteiger partial charge in [-0.1, -0.05) is 0 Å². The van der Waals surface area contributed by atoms with Crippen LogP contribution >= 0.6 is 0 Å². The maximum Gasteiger partial charge on any atom is 0.235 e. The third kappa shape index (κ3) is 1.96. The van der Waals surface area contributed by atoms with E-state index in [0.29, 0.717) is 12.5 Å². The third-order valence-electron chi connectivity index (χ3n) is 4.70. The van der Waals surface area contributed by atoms with Crippen LogP contribution in [0.5, 0.6) is 0 Å². The number of nitrogens with zero attached hydrogens (tertiary/aromatic N) is 6. The van der Waals surface area contributed by atoms with Crippen molar-refractivity contribution in [3.05, 3.63) is 30.9 Å². The molecular formula is C15H18N6O. The van der Waals surface area contributed by atoms with Crippen molar-refractivity contribution >= 4 is 17.5 Å². The van der Waals surface area contributed by atoms with E-state index in [1.54, 1.807) is 29.3 Å². The Morgan fingerprint density at radius 2 is 1.95 bits per heavy atom. The smallest absolute Gasteiger partial charge is 0.235 e. The van der Waals surface area contributed by atoms with Gasteiger partial charge in [-0.05, 0) is 18.9 Å². The summed E-state index contributed by atoms with van der Waals surface area (Å²) in [6.07, 6.45) is 8.87. The molecular weight excluding hydrogens is 280 g/mol. The molecule has 22 heavy (non-hydrogen) atoms. The zero-order valence-electron chi connectivity index (χ0n) is 12.5. The molecule has 2 fully saturated rings. The molecule has 2 aliphatic rings. The molecule has 0 bridgehead atoms. The van der Waals surface area contributed by atoms with E-state index in [0.717, 1.165) is 31.6 Å². The first-order valence-electron chi connectivity index (χ1n) is 7.51. The van der Waals surface area contributed by atoms with E-state index in [9.17, 15) is 4.79 Å². The number of anilines is 2. The highest BCUT2D eigenvalue weighted by Gasteiger charge is 2.51. The Morgan fingerprint density at radius 3 is 2.68 bits per heavy atom. The summed E-state index contributed by atoms with van der Waals surface area (Å²) in [7, 11) is 1.86. The molecule has 0 radical (unpaired) electrons. The van der Waals surface area contributed by atoms with E-state index >= 15 is 0 Å². The summed E-state index contributed by atoms with van der Waals surface area (Å²) in [6.45, 7) is 2.29. The minimum absolute atomic E-state index is 0.207. The summed E-state index contributed by atoms with van der Waals surface area (Å²) in [4.78, 5) is 25.5. The van der Waals surface area contributed by atoms with Gasteiger partial charge in [0, 0.05) is 45.3 Å². The van der Waals surface area contributed by atoms with E-state index in [4.69, 9.17) is 0 Å². The van der Waals surface area contributed by atoms with Crippen LogP contribution in [0.1, 0.15) is 12.8 Å². The molecule has 2 aromatic rings. The van der Waals surface area contributed by atoms with Gasteiger partial charge >= 0.3 is 0 Å². The van der Waals surface area contributed by atoms with Gasteiger partial charge in [-0.15, -0.1) is 0 Å². The molecule has 0 N–H and O–H groups in total. The van der Waals surface area contributed by atoms with Crippen molar-refractivity contribution in [3.63, 3.8) is 0 Å². The Kier molecular flexibility index (Phi) is 2.88. The van der Waals surface area contributed by atoms with Crippen molar-refractivity contribution in [1.29, 1.82) is 0 Å². The highest BCUT2D eigenvalue weighted by molar-refractivity contribution is 6.00. The summed E-state index contributed by atoms with van der Waals surface area (Å²) < 4.78 is 1.73. The molecule has 7 heteroatoms. The van der Waals surface area contributed by atoms with Gasteiger partial charge in [-0.25, -0.2) is 9.97 Å². The van der Waals surface area contributed by atoms with Crippen molar-refractivity contribution in [2.75, 3.05) is 29.4 Å². The number of carbonyl (C=O) groups is 1. The monoisotopic (exact) mass is 298 g/mol. The van der Waals surface area contributed by atoms with Crippen LogP contribution < -0.4 is 9.80 Å². The molecule has 114 valence electrons. The summed E-state index contributed by atoms with van der Waals surface area (Å²) in [5, 5.41) is 4.17. The third-order valence-corrected chi connectivity index (χ3v) is 4.70. The van der Waals surface area contributed by atoms with Crippen molar-refractivity contribution in [2.24, 2.45) is 12.5 Å². The predicted octanol–water partition coefficient (Wildman–Crippen LogP) is 0.843. The number of amides is 1. The van der Waals surface area contributed by atoms with Crippen molar-refractivity contribution in [3.8, 4) is 0 Å². The van der Waals surface area contributed by atoms with Crippen LogP contribution in [0.25, 0.3) is 0 Å². The normalized spacial score (nSPS) is 24.7. The van der Waals surface area contributed by atoms with Crippen LogP contribution in [-0.2, 0) is 11.8 Å². The highest BCUT2D eigenvalue weighted by Crippen LogP contribution is 2.42. The van der Waals surface area contributed by atoms with Crippen LogP contribution in [0.4, 0.5) is 11.6 Å². The Labute approximate surface area is 128 Å².